The third-order valence-electron chi connectivity index (χ3n) is 2.30. The monoisotopic (exact) mass is 197 g/mol. The van der Waals surface area contributed by atoms with Crippen molar-refractivity contribution in [2.75, 3.05) is 13.1 Å². The number of hydrogen-bond acceptors (Lipinski definition) is 3. The zero-order valence-electron chi connectivity index (χ0n) is 8.90. The molecule has 4 heteroatoms. The van der Waals surface area contributed by atoms with Crippen LogP contribution in [-0.4, -0.2) is 33.9 Å². The van der Waals surface area contributed by atoms with Gasteiger partial charge in [0.15, 0.2) is 0 Å². The van der Waals surface area contributed by atoms with Crippen molar-refractivity contribution in [2.24, 2.45) is 7.05 Å². The van der Waals surface area contributed by atoms with Gasteiger partial charge in [-0.25, -0.2) is 4.98 Å². The number of aromatic nitrogens is 2. The summed E-state index contributed by atoms with van der Waals surface area (Å²) in [5.74, 6) is 1.07. The molecule has 0 amide bonds. The Labute approximate surface area is 85.0 Å². The molecule has 1 atom stereocenters. The van der Waals surface area contributed by atoms with Crippen molar-refractivity contribution in [3.8, 4) is 0 Å². The normalized spacial score (nSPS) is 13.1. The highest BCUT2D eigenvalue weighted by Crippen LogP contribution is 1.94. The van der Waals surface area contributed by atoms with E-state index in [0.717, 1.165) is 25.2 Å². The molecule has 4 nitrogen and oxygen atoms in total. The molecule has 80 valence electrons. The summed E-state index contributed by atoms with van der Waals surface area (Å²) >= 11 is 0. The molecule has 0 spiro atoms. The van der Waals surface area contributed by atoms with Crippen LogP contribution in [0.1, 0.15) is 19.2 Å². The summed E-state index contributed by atoms with van der Waals surface area (Å²) in [6, 6.07) is 0. The fraction of sp³-hybridized carbons (Fsp3) is 0.700. The second-order valence-electron chi connectivity index (χ2n) is 3.47. The molecule has 1 aromatic heterocycles. The van der Waals surface area contributed by atoms with E-state index in [-0.39, 0.29) is 6.10 Å². The fourth-order valence-corrected chi connectivity index (χ4v) is 1.25. The molecule has 1 rings (SSSR count). The van der Waals surface area contributed by atoms with E-state index < -0.39 is 0 Å². The molecule has 0 aliphatic heterocycles. The van der Waals surface area contributed by atoms with E-state index in [1.165, 1.54) is 0 Å². The molecular weight excluding hydrogens is 178 g/mol. The van der Waals surface area contributed by atoms with Crippen LogP contribution < -0.4 is 5.32 Å². The van der Waals surface area contributed by atoms with E-state index in [0.29, 0.717) is 6.54 Å². The first kappa shape index (κ1) is 11.2. The fourth-order valence-electron chi connectivity index (χ4n) is 1.25. The largest absolute Gasteiger partial charge is 0.392 e. The predicted molar refractivity (Wildman–Crippen MR) is 56.1 cm³/mol. The van der Waals surface area contributed by atoms with Gasteiger partial charge >= 0.3 is 0 Å². The van der Waals surface area contributed by atoms with Gasteiger partial charge in [0.25, 0.3) is 0 Å². The Kier molecular flexibility index (Phi) is 4.62. The lowest BCUT2D eigenvalue weighted by Crippen LogP contribution is -2.28. The van der Waals surface area contributed by atoms with Crippen molar-refractivity contribution >= 4 is 0 Å². The number of rotatable bonds is 6. The van der Waals surface area contributed by atoms with Crippen LogP contribution in [0.2, 0.25) is 0 Å². The maximum absolute atomic E-state index is 9.29. The second kappa shape index (κ2) is 5.78. The van der Waals surface area contributed by atoms with Gasteiger partial charge in [-0.15, -0.1) is 0 Å². The molecule has 14 heavy (non-hydrogen) atoms. The molecule has 0 saturated heterocycles. The molecule has 1 unspecified atom stereocenters. The molecule has 0 radical (unpaired) electrons. The highest BCUT2D eigenvalue weighted by Gasteiger charge is 2.01. The van der Waals surface area contributed by atoms with Crippen LogP contribution in [0.25, 0.3) is 0 Å². The van der Waals surface area contributed by atoms with Crippen LogP contribution in [0, 0.1) is 0 Å². The number of hydrogen-bond donors (Lipinski definition) is 2. The topological polar surface area (TPSA) is 50.1 Å². The minimum Gasteiger partial charge on any atom is -0.392 e. The number of nitrogens with zero attached hydrogens (tertiary/aromatic N) is 2. The summed E-state index contributed by atoms with van der Waals surface area (Å²) in [6.45, 7) is 3.51. The summed E-state index contributed by atoms with van der Waals surface area (Å²) < 4.78 is 2.01. The lowest BCUT2D eigenvalue weighted by Gasteiger charge is -2.08. The lowest BCUT2D eigenvalue weighted by molar-refractivity contribution is 0.167. The number of imidazole rings is 1. The van der Waals surface area contributed by atoms with Crippen molar-refractivity contribution in [1.29, 1.82) is 0 Å². The zero-order chi connectivity index (χ0) is 10.4. The first-order chi connectivity index (χ1) is 6.74. The third kappa shape index (κ3) is 3.47. The summed E-state index contributed by atoms with van der Waals surface area (Å²) in [5, 5.41) is 12.5. The Morgan fingerprint density at radius 3 is 3.00 bits per heavy atom. The van der Waals surface area contributed by atoms with Crippen LogP contribution in [0.15, 0.2) is 12.4 Å². The number of nitrogens with one attached hydrogen (secondary N) is 1. The van der Waals surface area contributed by atoms with Crippen molar-refractivity contribution in [1.82, 2.24) is 14.9 Å². The van der Waals surface area contributed by atoms with Crippen LogP contribution in [0.4, 0.5) is 0 Å². The molecule has 1 heterocycles. The molecule has 1 aromatic rings. The Bertz CT molecular complexity index is 260. The van der Waals surface area contributed by atoms with E-state index in [1.807, 2.05) is 24.7 Å². The maximum atomic E-state index is 9.29. The minimum absolute atomic E-state index is 0.226. The molecule has 2 N–H and O–H groups in total. The Hall–Kier alpha value is -0.870. The van der Waals surface area contributed by atoms with Crippen LogP contribution in [-0.2, 0) is 13.5 Å². The van der Waals surface area contributed by atoms with Crippen molar-refractivity contribution in [2.45, 2.75) is 25.9 Å². The van der Waals surface area contributed by atoms with Gasteiger partial charge in [-0.1, -0.05) is 6.92 Å². The van der Waals surface area contributed by atoms with Gasteiger partial charge in [-0.05, 0) is 6.42 Å². The molecule has 0 aliphatic carbocycles. The Morgan fingerprint density at radius 1 is 1.64 bits per heavy atom. The number of aryl methyl sites for hydroxylation is 1. The predicted octanol–water partition coefficient (Wildman–Crippen LogP) is 0.323. The first-order valence-electron chi connectivity index (χ1n) is 5.09. The van der Waals surface area contributed by atoms with Crippen molar-refractivity contribution in [3.63, 3.8) is 0 Å². The average molecular weight is 197 g/mol. The summed E-state index contributed by atoms with van der Waals surface area (Å²) in [7, 11) is 1.99. The summed E-state index contributed by atoms with van der Waals surface area (Å²) in [4.78, 5) is 4.21. The smallest absolute Gasteiger partial charge is 0.109 e. The van der Waals surface area contributed by atoms with Crippen molar-refractivity contribution in [3.05, 3.63) is 18.2 Å². The summed E-state index contributed by atoms with van der Waals surface area (Å²) in [5.41, 5.74) is 0. The second-order valence-corrected chi connectivity index (χ2v) is 3.47. The van der Waals surface area contributed by atoms with Crippen LogP contribution in [0.3, 0.4) is 0 Å². The van der Waals surface area contributed by atoms with Gasteiger partial charge in [0.2, 0.25) is 0 Å². The molecule has 0 saturated carbocycles. The highest BCUT2D eigenvalue weighted by molar-refractivity contribution is 4.91. The van der Waals surface area contributed by atoms with E-state index in [4.69, 9.17) is 0 Å². The van der Waals surface area contributed by atoms with Gasteiger partial charge in [0, 0.05) is 39.0 Å². The van der Waals surface area contributed by atoms with Crippen LogP contribution >= 0.6 is 0 Å². The van der Waals surface area contributed by atoms with Crippen LogP contribution in [0.5, 0.6) is 0 Å². The van der Waals surface area contributed by atoms with Crippen molar-refractivity contribution < 1.29 is 5.11 Å². The molecule has 0 aromatic carbocycles. The van der Waals surface area contributed by atoms with E-state index >= 15 is 0 Å². The van der Waals surface area contributed by atoms with E-state index in [2.05, 4.69) is 10.3 Å². The van der Waals surface area contributed by atoms with Gasteiger partial charge in [0.1, 0.15) is 5.82 Å². The minimum atomic E-state index is -0.226. The molecule has 0 aliphatic rings. The molecular formula is C10H19N3O. The zero-order valence-corrected chi connectivity index (χ0v) is 8.90. The van der Waals surface area contributed by atoms with Gasteiger partial charge < -0.3 is 15.0 Å². The van der Waals surface area contributed by atoms with E-state index in [9.17, 15) is 5.11 Å². The molecule has 0 bridgehead atoms. The highest BCUT2D eigenvalue weighted by atomic mass is 16.3. The van der Waals surface area contributed by atoms with Gasteiger partial charge in [-0.3, -0.25) is 0 Å². The quantitative estimate of drug-likeness (QED) is 0.646. The third-order valence-corrected chi connectivity index (χ3v) is 2.30. The lowest BCUT2D eigenvalue weighted by atomic mass is 10.3. The number of aliphatic hydroxyl groups excluding tert-OH is 1. The van der Waals surface area contributed by atoms with Gasteiger partial charge in [-0.2, -0.15) is 0 Å². The Balaban J connectivity index is 2.13. The average Bonchev–Trinajstić information content (AvgIpc) is 2.58. The maximum Gasteiger partial charge on any atom is 0.109 e. The Morgan fingerprint density at radius 2 is 2.43 bits per heavy atom. The standard InChI is InChI=1S/C10H19N3O/c1-3-9(14)8-11-5-4-10-12-6-7-13(10)2/h6-7,9,11,14H,3-5,8H2,1-2H3. The van der Waals surface area contributed by atoms with Gasteiger partial charge in [0.05, 0.1) is 6.10 Å². The van der Waals surface area contributed by atoms with E-state index in [1.54, 1.807) is 6.20 Å². The summed E-state index contributed by atoms with van der Waals surface area (Å²) in [6.07, 6.45) is 5.22. The first-order valence-corrected chi connectivity index (χ1v) is 5.09. The SMILES string of the molecule is CCC(O)CNCCc1nccn1C. The number of aliphatic hydroxyl groups is 1. The molecule has 0 fully saturated rings.